The minimum absolute atomic E-state index is 0.186. The summed E-state index contributed by atoms with van der Waals surface area (Å²) in [4.78, 5) is 18.5. The molecule has 0 aliphatic carbocycles. The van der Waals surface area contributed by atoms with E-state index in [-0.39, 0.29) is 5.91 Å². The number of carbonyl (C=O) groups is 1. The van der Waals surface area contributed by atoms with E-state index in [2.05, 4.69) is 48.6 Å². The van der Waals surface area contributed by atoms with Crippen LogP contribution < -0.4 is 5.32 Å². The van der Waals surface area contributed by atoms with Gasteiger partial charge in [0.25, 0.3) is 5.91 Å². The van der Waals surface area contributed by atoms with E-state index >= 15 is 0 Å². The van der Waals surface area contributed by atoms with Crippen molar-refractivity contribution in [2.24, 2.45) is 0 Å². The molecule has 1 aromatic heterocycles. The minimum atomic E-state index is -0.186. The lowest BCUT2D eigenvalue weighted by Gasteiger charge is -2.05. The van der Waals surface area contributed by atoms with Gasteiger partial charge in [-0.15, -0.1) is 11.3 Å². The second-order valence-electron chi connectivity index (χ2n) is 6.95. The van der Waals surface area contributed by atoms with Gasteiger partial charge in [-0.05, 0) is 41.8 Å². The van der Waals surface area contributed by atoms with Crippen LogP contribution in [0.4, 0.5) is 5.13 Å². The third-order valence-electron chi connectivity index (χ3n) is 4.77. The van der Waals surface area contributed by atoms with Crippen molar-refractivity contribution >= 4 is 34.0 Å². The molecule has 0 fully saturated rings. The molecule has 3 aromatic carbocycles. The molecule has 4 aromatic rings. The molecule has 0 saturated carbocycles. The zero-order valence-corrected chi connectivity index (χ0v) is 18.1. The lowest BCUT2D eigenvalue weighted by molar-refractivity contribution is 0.102. The number of nitrogens with one attached hydrogen (secondary N) is 1. The molecule has 0 unspecified atom stereocenters. The molecule has 1 N–H and O–H groups in total. The Hall–Kier alpha value is -2.95. The van der Waals surface area contributed by atoms with Crippen molar-refractivity contribution in [2.75, 3.05) is 5.32 Å². The molecular weight excluding hydrogens is 412 g/mol. The van der Waals surface area contributed by atoms with Gasteiger partial charge in [-0.2, -0.15) is 0 Å². The van der Waals surface area contributed by atoms with Crippen LogP contribution in [0.15, 0.2) is 78.9 Å². The van der Waals surface area contributed by atoms with Crippen molar-refractivity contribution in [2.45, 2.75) is 19.8 Å². The van der Waals surface area contributed by atoms with Gasteiger partial charge in [0, 0.05) is 21.0 Å². The van der Waals surface area contributed by atoms with Gasteiger partial charge in [0.1, 0.15) is 0 Å². The number of anilines is 1. The first-order chi connectivity index (χ1) is 14.6. The van der Waals surface area contributed by atoms with Gasteiger partial charge < -0.3 is 0 Å². The zero-order chi connectivity index (χ0) is 20.9. The average molecular weight is 433 g/mol. The van der Waals surface area contributed by atoms with Gasteiger partial charge in [-0.3, -0.25) is 10.1 Å². The number of thiazole rings is 1. The number of nitrogens with zero attached hydrogens (tertiary/aromatic N) is 1. The van der Waals surface area contributed by atoms with Crippen molar-refractivity contribution in [1.29, 1.82) is 0 Å². The van der Waals surface area contributed by atoms with Gasteiger partial charge in [0.15, 0.2) is 5.13 Å². The molecule has 1 heterocycles. The van der Waals surface area contributed by atoms with E-state index < -0.39 is 0 Å². The second kappa shape index (κ2) is 9.24. The predicted molar refractivity (Wildman–Crippen MR) is 126 cm³/mol. The molecule has 30 heavy (non-hydrogen) atoms. The van der Waals surface area contributed by atoms with Crippen LogP contribution in [-0.2, 0) is 6.42 Å². The quantitative estimate of drug-likeness (QED) is 0.346. The molecule has 1 amide bonds. The normalized spacial score (nSPS) is 10.7. The van der Waals surface area contributed by atoms with E-state index in [1.807, 2.05) is 18.2 Å². The number of hydrogen-bond donors (Lipinski definition) is 1. The van der Waals surface area contributed by atoms with Crippen molar-refractivity contribution in [3.63, 3.8) is 0 Å². The summed E-state index contributed by atoms with van der Waals surface area (Å²) in [6.45, 7) is 2.15. The molecule has 0 atom stereocenters. The van der Waals surface area contributed by atoms with E-state index in [0.29, 0.717) is 15.7 Å². The van der Waals surface area contributed by atoms with Gasteiger partial charge in [-0.1, -0.05) is 79.5 Å². The Morgan fingerprint density at radius 3 is 2.20 bits per heavy atom. The maximum absolute atomic E-state index is 12.6. The highest BCUT2D eigenvalue weighted by Crippen LogP contribution is 2.33. The fraction of sp³-hybridized carbons (Fsp3) is 0.120. The van der Waals surface area contributed by atoms with Crippen LogP contribution in [0.2, 0.25) is 5.02 Å². The number of rotatable bonds is 6. The van der Waals surface area contributed by atoms with Crippen LogP contribution in [0.3, 0.4) is 0 Å². The fourth-order valence-corrected chi connectivity index (χ4v) is 4.46. The third kappa shape index (κ3) is 4.61. The Balaban J connectivity index is 1.59. The number of halogens is 1. The van der Waals surface area contributed by atoms with Crippen LogP contribution in [-0.4, -0.2) is 10.9 Å². The summed E-state index contributed by atoms with van der Waals surface area (Å²) in [5.74, 6) is -0.186. The van der Waals surface area contributed by atoms with Crippen LogP contribution >= 0.6 is 22.9 Å². The van der Waals surface area contributed by atoms with Gasteiger partial charge in [-0.25, -0.2) is 4.98 Å². The standard InChI is InChI=1S/C25H21ClN2OS/c1-2-6-22-23(19-11-9-18(10-12-19)17-7-4-3-5-8-17)27-25(30-22)28-24(29)20-13-15-21(26)16-14-20/h3-5,7-16H,2,6H2,1H3,(H,27,28,29). The SMILES string of the molecule is CCCc1sc(NC(=O)c2ccc(Cl)cc2)nc1-c1ccc(-c2ccccc2)cc1. The Bertz CT molecular complexity index is 1140. The first-order valence-electron chi connectivity index (χ1n) is 9.86. The maximum Gasteiger partial charge on any atom is 0.257 e. The minimum Gasteiger partial charge on any atom is -0.298 e. The number of aryl methyl sites for hydroxylation is 1. The van der Waals surface area contributed by atoms with Gasteiger partial charge >= 0.3 is 0 Å². The molecule has 0 aliphatic heterocycles. The average Bonchev–Trinajstić information content (AvgIpc) is 3.17. The highest BCUT2D eigenvalue weighted by atomic mass is 35.5. The summed E-state index contributed by atoms with van der Waals surface area (Å²) < 4.78 is 0. The monoisotopic (exact) mass is 432 g/mol. The Morgan fingerprint density at radius 2 is 1.53 bits per heavy atom. The Labute approximate surface area is 185 Å². The number of carbonyl (C=O) groups excluding carboxylic acids is 1. The second-order valence-corrected chi connectivity index (χ2v) is 8.47. The number of hydrogen-bond acceptors (Lipinski definition) is 3. The number of amides is 1. The van der Waals surface area contributed by atoms with E-state index in [4.69, 9.17) is 16.6 Å². The molecular formula is C25H21ClN2OS. The van der Waals surface area contributed by atoms with Crippen LogP contribution in [0.5, 0.6) is 0 Å². The van der Waals surface area contributed by atoms with Crippen molar-refractivity contribution in [3.8, 4) is 22.4 Å². The summed E-state index contributed by atoms with van der Waals surface area (Å²) in [5, 5.41) is 4.14. The van der Waals surface area contributed by atoms with Crippen molar-refractivity contribution in [3.05, 3.63) is 94.3 Å². The van der Waals surface area contributed by atoms with E-state index in [9.17, 15) is 4.79 Å². The maximum atomic E-state index is 12.6. The highest BCUT2D eigenvalue weighted by Gasteiger charge is 2.15. The molecule has 3 nitrogen and oxygen atoms in total. The molecule has 5 heteroatoms. The Kier molecular flexibility index (Phi) is 6.26. The third-order valence-corrected chi connectivity index (χ3v) is 6.05. The number of benzene rings is 3. The van der Waals surface area contributed by atoms with Crippen molar-refractivity contribution in [1.82, 2.24) is 4.98 Å². The molecule has 0 radical (unpaired) electrons. The largest absolute Gasteiger partial charge is 0.298 e. The smallest absolute Gasteiger partial charge is 0.257 e. The lowest BCUT2D eigenvalue weighted by Crippen LogP contribution is -2.11. The van der Waals surface area contributed by atoms with Crippen LogP contribution in [0, 0.1) is 0 Å². The highest BCUT2D eigenvalue weighted by molar-refractivity contribution is 7.16. The number of aromatic nitrogens is 1. The Morgan fingerprint density at radius 1 is 0.900 bits per heavy atom. The topological polar surface area (TPSA) is 42.0 Å². The summed E-state index contributed by atoms with van der Waals surface area (Å²) in [7, 11) is 0. The predicted octanol–water partition coefficient (Wildman–Crippen LogP) is 7.34. The van der Waals surface area contributed by atoms with Crippen LogP contribution in [0.1, 0.15) is 28.6 Å². The van der Waals surface area contributed by atoms with E-state index in [0.717, 1.165) is 24.1 Å². The van der Waals surface area contributed by atoms with Gasteiger partial charge in [0.2, 0.25) is 0 Å². The van der Waals surface area contributed by atoms with E-state index in [1.54, 1.807) is 24.3 Å². The van der Waals surface area contributed by atoms with E-state index in [1.165, 1.54) is 27.3 Å². The lowest BCUT2D eigenvalue weighted by atomic mass is 10.0. The molecule has 0 aliphatic rings. The zero-order valence-electron chi connectivity index (χ0n) is 16.6. The van der Waals surface area contributed by atoms with Crippen molar-refractivity contribution < 1.29 is 4.79 Å². The summed E-state index contributed by atoms with van der Waals surface area (Å²) in [6, 6.07) is 25.6. The fourth-order valence-electron chi connectivity index (χ4n) is 3.25. The van der Waals surface area contributed by atoms with Gasteiger partial charge in [0.05, 0.1) is 5.69 Å². The van der Waals surface area contributed by atoms with Crippen LogP contribution in [0.25, 0.3) is 22.4 Å². The summed E-state index contributed by atoms with van der Waals surface area (Å²) in [6.07, 6.45) is 1.94. The summed E-state index contributed by atoms with van der Waals surface area (Å²) in [5.41, 5.74) is 4.91. The molecule has 0 spiro atoms. The summed E-state index contributed by atoms with van der Waals surface area (Å²) >= 11 is 7.45. The molecule has 0 bridgehead atoms. The molecule has 150 valence electrons. The molecule has 0 saturated heterocycles. The first kappa shape index (κ1) is 20.3. The first-order valence-corrected chi connectivity index (χ1v) is 11.1. The molecule has 4 rings (SSSR count).